The molecule has 78 valence electrons. The first-order valence-corrected chi connectivity index (χ1v) is 4.33. The minimum atomic E-state index is -1.02. The van der Waals surface area contributed by atoms with E-state index in [1.54, 1.807) is 6.92 Å². The standard InChI is InChI=1S/C8H18N2O3/c1-5(3-6(2)11)10-4-7(9)8(12)13/h5-7,10-11H,3-4,9H2,1-2H3,(H,12,13). The van der Waals surface area contributed by atoms with Crippen LogP contribution in [0.5, 0.6) is 0 Å². The second-order valence-electron chi connectivity index (χ2n) is 3.34. The highest BCUT2D eigenvalue weighted by molar-refractivity contribution is 5.73. The van der Waals surface area contributed by atoms with Gasteiger partial charge in [0.25, 0.3) is 0 Å². The molecule has 0 heterocycles. The van der Waals surface area contributed by atoms with Crippen molar-refractivity contribution in [2.45, 2.75) is 38.5 Å². The Bertz CT molecular complexity index is 161. The Morgan fingerprint density at radius 3 is 2.46 bits per heavy atom. The summed E-state index contributed by atoms with van der Waals surface area (Å²) in [5.74, 6) is -1.02. The average Bonchev–Trinajstić information content (AvgIpc) is 1.98. The van der Waals surface area contributed by atoms with Crippen LogP contribution in [-0.4, -0.2) is 40.9 Å². The van der Waals surface area contributed by atoms with Crippen LogP contribution >= 0.6 is 0 Å². The molecule has 13 heavy (non-hydrogen) atoms. The van der Waals surface area contributed by atoms with Crippen LogP contribution in [0.3, 0.4) is 0 Å². The molecule has 0 aromatic carbocycles. The summed E-state index contributed by atoms with van der Waals surface area (Å²) < 4.78 is 0. The van der Waals surface area contributed by atoms with E-state index in [-0.39, 0.29) is 18.7 Å². The summed E-state index contributed by atoms with van der Waals surface area (Å²) >= 11 is 0. The van der Waals surface area contributed by atoms with Crippen LogP contribution in [0.4, 0.5) is 0 Å². The zero-order valence-electron chi connectivity index (χ0n) is 8.03. The van der Waals surface area contributed by atoms with Crippen molar-refractivity contribution < 1.29 is 15.0 Å². The van der Waals surface area contributed by atoms with Gasteiger partial charge in [-0.3, -0.25) is 4.79 Å². The molecule has 0 rings (SSSR count). The largest absolute Gasteiger partial charge is 0.480 e. The Labute approximate surface area is 77.9 Å². The fourth-order valence-electron chi connectivity index (χ4n) is 1.01. The Kier molecular flexibility index (Phi) is 5.61. The van der Waals surface area contributed by atoms with E-state index >= 15 is 0 Å². The number of carboxylic acid groups (broad SMARTS) is 1. The van der Waals surface area contributed by atoms with Crippen molar-refractivity contribution in [2.24, 2.45) is 5.73 Å². The van der Waals surface area contributed by atoms with Gasteiger partial charge >= 0.3 is 5.97 Å². The van der Waals surface area contributed by atoms with Crippen molar-refractivity contribution in [3.8, 4) is 0 Å². The van der Waals surface area contributed by atoms with E-state index in [0.717, 1.165) is 0 Å². The first-order chi connectivity index (χ1) is 5.93. The lowest BCUT2D eigenvalue weighted by Gasteiger charge is -2.16. The van der Waals surface area contributed by atoms with Gasteiger partial charge in [-0.15, -0.1) is 0 Å². The lowest BCUT2D eigenvalue weighted by molar-refractivity contribution is -0.138. The molecule has 0 radical (unpaired) electrons. The maximum Gasteiger partial charge on any atom is 0.321 e. The topological polar surface area (TPSA) is 95.6 Å². The van der Waals surface area contributed by atoms with Gasteiger partial charge in [-0.2, -0.15) is 0 Å². The summed E-state index contributed by atoms with van der Waals surface area (Å²) in [6.45, 7) is 3.79. The molecule has 0 fully saturated rings. The molecule has 3 atom stereocenters. The minimum Gasteiger partial charge on any atom is -0.480 e. The van der Waals surface area contributed by atoms with E-state index in [1.165, 1.54) is 0 Å². The lowest BCUT2D eigenvalue weighted by Crippen LogP contribution is -2.43. The highest BCUT2D eigenvalue weighted by Crippen LogP contribution is 1.95. The zero-order chi connectivity index (χ0) is 10.4. The third kappa shape index (κ3) is 6.51. The number of aliphatic carboxylic acids is 1. The molecule has 5 N–H and O–H groups in total. The summed E-state index contributed by atoms with van der Waals surface area (Å²) in [5.41, 5.74) is 5.27. The predicted molar refractivity (Wildman–Crippen MR) is 49.4 cm³/mol. The van der Waals surface area contributed by atoms with Gasteiger partial charge in [0.2, 0.25) is 0 Å². The van der Waals surface area contributed by atoms with Gasteiger partial charge in [-0.25, -0.2) is 0 Å². The number of rotatable bonds is 6. The second kappa shape index (κ2) is 5.90. The van der Waals surface area contributed by atoms with Crippen molar-refractivity contribution in [3.05, 3.63) is 0 Å². The van der Waals surface area contributed by atoms with E-state index in [2.05, 4.69) is 5.32 Å². The van der Waals surface area contributed by atoms with Crippen LogP contribution < -0.4 is 11.1 Å². The summed E-state index contributed by atoms with van der Waals surface area (Å²) in [7, 11) is 0. The van der Waals surface area contributed by atoms with Crippen LogP contribution in [0, 0.1) is 0 Å². The van der Waals surface area contributed by atoms with Crippen molar-refractivity contribution in [3.63, 3.8) is 0 Å². The number of aliphatic hydroxyl groups excluding tert-OH is 1. The maximum atomic E-state index is 10.3. The normalized spacial score (nSPS) is 17.8. The molecule has 5 heteroatoms. The summed E-state index contributed by atoms with van der Waals surface area (Å²) in [6, 6.07) is -0.804. The molecule has 0 saturated carbocycles. The molecule has 3 unspecified atom stereocenters. The first kappa shape index (κ1) is 12.3. The molecule has 0 aliphatic carbocycles. The molecule has 0 saturated heterocycles. The number of nitrogens with one attached hydrogen (secondary N) is 1. The first-order valence-electron chi connectivity index (χ1n) is 4.33. The molecule has 0 aliphatic rings. The van der Waals surface area contributed by atoms with Gasteiger partial charge in [0.15, 0.2) is 0 Å². The SMILES string of the molecule is CC(O)CC(C)NCC(N)C(=O)O. The fraction of sp³-hybridized carbons (Fsp3) is 0.875. The highest BCUT2D eigenvalue weighted by Gasteiger charge is 2.12. The zero-order valence-corrected chi connectivity index (χ0v) is 8.03. The predicted octanol–water partition coefficient (Wildman–Crippen LogP) is -0.853. The molecule has 5 nitrogen and oxygen atoms in total. The van der Waals surface area contributed by atoms with Gasteiger partial charge in [0, 0.05) is 12.6 Å². The van der Waals surface area contributed by atoms with Crippen LogP contribution in [0.15, 0.2) is 0 Å². The summed E-state index contributed by atoms with van der Waals surface area (Å²) in [4.78, 5) is 10.3. The summed E-state index contributed by atoms with van der Waals surface area (Å²) in [6.07, 6.45) is 0.204. The van der Waals surface area contributed by atoms with Crippen molar-refractivity contribution in [1.29, 1.82) is 0 Å². The second-order valence-corrected chi connectivity index (χ2v) is 3.34. The summed E-state index contributed by atoms with van der Waals surface area (Å²) in [5, 5.41) is 20.4. The molecule has 0 amide bonds. The number of hydrogen-bond acceptors (Lipinski definition) is 4. The van der Waals surface area contributed by atoms with Gasteiger partial charge in [0.05, 0.1) is 6.10 Å². The van der Waals surface area contributed by atoms with E-state index in [1.807, 2.05) is 6.92 Å². The maximum absolute atomic E-state index is 10.3. The number of aliphatic hydroxyl groups is 1. The van der Waals surface area contributed by atoms with E-state index in [9.17, 15) is 4.79 Å². The Hall–Kier alpha value is -0.650. The minimum absolute atomic E-state index is 0.0744. The monoisotopic (exact) mass is 190 g/mol. The van der Waals surface area contributed by atoms with Gasteiger partial charge in [0.1, 0.15) is 6.04 Å². The smallest absolute Gasteiger partial charge is 0.321 e. The van der Waals surface area contributed by atoms with Crippen molar-refractivity contribution in [1.82, 2.24) is 5.32 Å². The third-order valence-corrected chi connectivity index (χ3v) is 1.70. The molecule has 0 bridgehead atoms. The van der Waals surface area contributed by atoms with Crippen LogP contribution in [0.25, 0.3) is 0 Å². The third-order valence-electron chi connectivity index (χ3n) is 1.70. The molecule has 0 aromatic rings. The van der Waals surface area contributed by atoms with E-state index < -0.39 is 12.0 Å². The number of carboxylic acids is 1. The van der Waals surface area contributed by atoms with Crippen LogP contribution in [0.1, 0.15) is 20.3 Å². The van der Waals surface area contributed by atoms with E-state index in [0.29, 0.717) is 6.42 Å². The Morgan fingerprint density at radius 1 is 1.54 bits per heavy atom. The van der Waals surface area contributed by atoms with Crippen molar-refractivity contribution >= 4 is 5.97 Å². The molecule has 0 aliphatic heterocycles. The fourth-order valence-corrected chi connectivity index (χ4v) is 1.01. The number of nitrogens with two attached hydrogens (primary N) is 1. The molecule has 0 spiro atoms. The quantitative estimate of drug-likeness (QED) is 0.437. The molecule has 0 aromatic heterocycles. The number of carbonyl (C=O) groups is 1. The van der Waals surface area contributed by atoms with Gasteiger partial charge in [-0.1, -0.05) is 0 Å². The average molecular weight is 190 g/mol. The van der Waals surface area contributed by atoms with Gasteiger partial charge < -0.3 is 21.3 Å². The van der Waals surface area contributed by atoms with Crippen LogP contribution in [0.2, 0.25) is 0 Å². The van der Waals surface area contributed by atoms with Crippen LogP contribution in [-0.2, 0) is 4.79 Å². The molecular weight excluding hydrogens is 172 g/mol. The van der Waals surface area contributed by atoms with E-state index in [4.69, 9.17) is 15.9 Å². The molecular formula is C8H18N2O3. The number of hydrogen-bond donors (Lipinski definition) is 4. The Morgan fingerprint density at radius 2 is 2.08 bits per heavy atom. The Balaban J connectivity index is 3.57. The highest BCUT2D eigenvalue weighted by atomic mass is 16.4. The van der Waals surface area contributed by atoms with Gasteiger partial charge in [-0.05, 0) is 20.3 Å². The lowest BCUT2D eigenvalue weighted by atomic mass is 10.1. The van der Waals surface area contributed by atoms with Crippen molar-refractivity contribution in [2.75, 3.05) is 6.54 Å².